The molecule has 0 radical (unpaired) electrons. The minimum atomic E-state index is -0.163. The van der Waals surface area contributed by atoms with Crippen LogP contribution < -0.4 is 15.4 Å². The third-order valence-electron chi connectivity index (χ3n) is 5.67. The van der Waals surface area contributed by atoms with Crippen LogP contribution in [0.25, 0.3) is 5.69 Å². The number of nitrogens with one attached hydrogen (secondary N) is 2. The number of piperidine rings is 1. The summed E-state index contributed by atoms with van der Waals surface area (Å²) in [4.78, 5) is 13.2. The molecule has 170 valence electrons. The fourth-order valence-corrected chi connectivity index (χ4v) is 4.21. The summed E-state index contributed by atoms with van der Waals surface area (Å²) in [6.07, 6.45) is 3.57. The lowest BCUT2D eigenvalue weighted by Gasteiger charge is -2.25. The lowest BCUT2D eigenvalue weighted by atomic mass is 9.91. The van der Waals surface area contributed by atoms with Crippen molar-refractivity contribution in [1.82, 2.24) is 15.1 Å². The summed E-state index contributed by atoms with van der Waals surface area (Å²) >= 11 is 6.37. The molecule has 1 saturated heterocycles. The molecule has 0 bridgehead atoms. The molecule has 1 aliphatic rings. The Kier molecular flexibility index (Phi) is 8.18. The highest BCUT2D eigenvalue weighted by molar-refractivity contribution is 6.31. The summed E-state index contributed by atoms with van der Waals surface area (Å²) in [5.41, 5.74) is 4.11. The Balaban J connectivity index is 0.00000289. The summed E-state index contributed by atoms with van der Waals surface area (Å²) in [7, 11) is 0. The highest BCUT2D eigenvalue weighted by Crippen LogP contribution is 2.32. The summed E-state index contributed by atoms with van der Waals surface area (Å²) in [5, 5.41) is 11.7. The zero-order valence-corrected chi connectivity index (χ0v) is 19.8. The Morgan fingerprint density at radius 2 is 1.94 bits per heavy atom. The maximum atomic E-state index is 13.2. The molecule has 0 spiro atoms. The first-order valence-corrected chi connectivity index (χ1v) is 11.0. The molecule has 1 fully saturated rings. The van der Waals surface area contributed by atoms with Gasteiger partial charge < -0.3 is 15.4 Å². The van der Waals surface area contributed by atoms with Crippen molar-refractivity contribution in [2.24, 2.45) is 0 Å². The molecule has 3 aromatic rings. The highest BCUT2D eigenvalue weighted by atomic mass is 35.5. The van der Waals surface area contributed by atoms with Gasteiger partial charge in [-0.15, -0.1) is 12.4 Å². The molecule has 2 N–H and O–H groups in total. The maximum absolute atomic E-state index is 13.2. The zero-order valence-electron chi connectivity index (χ0n) is 18.2. The number of anilines is 1. The van der Waals surface area contributed by atoms with E-state index in [4.69, 9.17) is 16.3 Å². The Bertz CT molecular complexity index is 1060. The topological polar surface area (TPSA) is 68.2 Å². The predicted octanol–water partition coefficient (Wildman–Crippen LogP) is 5.37. The van der Waals surface area contributed by atoms with Crippen LogP contribution in [0.2, 0.25) is 5.02 Å². The lowest BCUT2D eigenvalue weighted by Crippen LogP contribution is -2.29. The molecule has 4 rings (SSSR count). The maximum Gasteiger partial charge on any atom is 0.259 e. The molecule has 6 nitrogen and oxygen atoms in total. The minimum absolute atomic E-state index is 0. The van der Waals surface area contributed by atoms with Gasteiger partial charge >= 0.3 is 0 Å². The van der Waals surface area contributed by atoms with E-state index < -0.39 is 0 Å². The third-order valence-corrected chi connectivity index (χ3v) is 6.08. The van der Waals surface area contributed by atoms with Crippen LogP contribution in [0.1, 0.15) is 47.3 Å². The number of halogens is 2. The second-order valence-corrected chi connectivity index (χ2v) is 8.08. The molecule has 0 aliphatic carbocycles. The Labute approximate surface area is 199 Å². The van der Waals surface area contributed by atoms with Crippen molar-refractivity contribution in [2.75, 3.05) is 25.0 Å². The first kappa shape index (κ1) is 24.1. The van der Waals surface area contributed by atoms with Gasteiger partial charge in [0.05, 0.1) is 29.7 Å². The first-order chi connectivity index (χ1) is 15.1. The van der Waals surface area contributed by atoms with Crippen LogP contribution in [-0.2, 0) is 0 Å². The van der Waals surface area contributed by atoms with Crippen LogP contribution in [-0.4, -0.2) is 35.4 Å². The van der Waals surface area contributed by atoms with Gasteiger partial charge in [-0.05, 0) is 81.7 Å². The average Bonchev–Trinajstić information content (AvgIpc) is 3.23. The number of rotatable bonds is 6. The Morgan fingerprint density at radius 3 is 2.62 bits per heavy atom. The van der Waals surface area contributed by atoms with E-state index in [0.717, 1.165) is 54.3 Å². The normalized spacial score (nSPS) is 14.0. The van der Waals surface area contributed by atoms with Gasteiger partial charge in [0.25, 0.3) is 5.91 Å². The van der Waals surface area contributed by atoms with Crippen molar-refractivity contribution >= 4 is 35.6 Å². The van der Waals surface area contributed by atoms with E-state index in [9.17, 15) is 4.79 Å². The van der Waals surface area contributed by atoms with Gasteiger partial charge in [0, 0.05) is 16.6 Å². The number of ether oxygens (including phenoxy) is 1. The summed E-state index contributed by atoms with van der Waals surface area (Å²) < 4.78 is 7.37. The monoisotopic (exact) mass is 474 g/mol. The highest BCUT2D eigenvalue weighted by Gasteiger charge is 2.27. The molecule has 8 heteroatoms. The molecule has 1 amide bonds. The van der Waals surface area contributed by atoms with E-state index in [-0.39, 0.29) is 24.2 Å². The molecule has 1 aliphatic heterocycles. The van der Waals surface area contributed by atoms with Crippen LogP contribution in [0.4, 0.5) is 5.69 Å². The van der Waals surface area contributed by atoms with Crippen LogP contribution in [0, 0.1) is 6.92 Å². The van der Waals surface area contributed by atoms with E-state index in [0.29, 0.717) is 17.2 Å². The number of benzene rings is 2. The van der Waals surface area contributed by atoms with Gasteiger partial charge in [-0.3, -0.25) is 4.79 Å². The van der Waals surface area contributed by atoms with Crippen LogP contribution >= 0.6 is 24.0 Å². The smallest absolute Gasteiger partial charge is 0.259 e. The molecule has 0 saturated carbocycles. The fraction of sp³-hybridized carbons (Fsp3) is 0.333. The van der Waals surface area contributed by atoms with Crippen molar-refractivity contribution in [3.05, 3.63) is 70.5 Å². The zero-order chi connectivity index (χ0) is 21.8. The van der Waals surface area contributed by atoms with E-state index in [2.05, 4.69) is 15.7 Å². The molecule has 0 atom stereocenters. The first-order valence-electron chi connectivity index (χ1n) is 10.7. The van der Waals surface area contributed by atoms with Gasteiger partial charge in [0.15, 0.2) is 0 Å². The van der Waals surface area contributed by atoms with Crippen LogP contribution in [0.3, 0.4) is 0 Å². The quantitative estimate of drug-likeness (QED) is 0.503. The van der Waals surface area contributed by atoms with Gasteiger partial charge in [-0.25, -0.2) is 4.68 Å². The largest absolute Gasteiger partial charge is 0.494 e. The molecular weight excluding hydrogens is 447 g/mol. The second kappa shape index (κ2) is 10.9. The molecule has 2 heterocycles. The van der Waals surface area contributed by atoms with Crippen LogP contribution in [0.5, 0.6) is 5.75 Å². The van der Waals surface area contributed by atoms with Gasteiger partial charge in [0.2, 0.25) is 0 Å². The van der Waals surface area contributed by atoms with Crippen molar-refractivity contribution in [3.63, 3.8) is 0 Å². The predicted molar refractivity (Wildman–Crippen MR) is 131 cm³/mol. The van der Waals surface area contributed by atoms with Gasteiger partial charge in [-0.2, -0.15) is 5.10 Å². The second-order valence-electron chi connectivity index (χ2n) is 7.68. The van der Waals surface area contributed by atoms with E-state index in [1.165, 1.54) is 0 Å². The minimum Gasteiger partial charge on any atom is -0.494 e. The molecule has 2 aromatic carbocycles. The number of hydrogen-bond donors (Lipinski definition) is 2. The van der Waals surface area contributed by atoms with E-state index in [1.807, 2.05) is 61.0 Å². The molecule has 32 heavy (non-hydrogen) atoms. The van der Waals surface area contributed by atoms with Crippen LogP contribution in [0.15, 0.2) is 48.7 Å². The Morgan fingerprint density at radius 1 is 1.22 bits per heavy atom. The summed E-state index contributed by atoms with van der Waals surface area (Å²) in [5.74, 6) is 0.854. The molecule has 1 aromatic heterocycles. The van der Waals surface area contributed by atoms with Gasteiger partial charge in [-0.1, -0.05) is 17.7 Å². The fourth-order valence-electron chi connectivity index (χ4n) is 4.04. The number of hydrogen-bond acceptors (Lipinski definition) is 4. The number of amides is 1. The lowest BCUT2D eigenvalue weighted by molar-refractivity contribution is 0.102. The van der Waals surface area contributed by atoms with Crippen molar-refractivity contribution < 1.29 is 9.53 Å². The SMILES string of the molecule is CCOc1ccc(NC(=O)c2cnn(-c3cccc(Cl)c3C)c2C2CCNCC2)cc1.Cl. The third kappa shape index (κ3) is 5.09. The van der Waals surface area contributed by atoms with Crippen molar-refractivity contribution in [2.45, 2.75) is 32.6 Å². The molecule has 0 unspecified atom stereocenters. The Hall–Kier alpha value is -2.54. The number of nitrogens with zero attached hydrogens (tertiary/aromatic N) is 2. The number of aromatic nitrogens is 2. The van der Waals surface area contributed by atoms with Crippen molar-refractivity contribution in [1.29, 1.82) is 0 Å². The van der Waals surface area contributed by atoms with E-state index in [1.54, 1.807) is 6.20 Å². The number of carbonyl (C=O) groups is 1. The summed E-state index contributed by atoms with van der Waals surface area (Å²) in [6, 6.07) is 13.2. The summed E-state index contributed by atoms with van der Waals surface area (Å²) in [6.45, 7) is 6.37. The van der Waals surface area contributed by atoms with E-state index >= 15 is 0 Å². The standard InChI is InChI=1S/C24H27ClN4O2.ClH/c1-3-31-19-9-7-18(8-10-19)28-24(30)20-15-27-29(22-6-4-5-21(25)16(22)2)23(20)17-11-13-26-14-12-17;/h4-10,15,17,26H,3,11-14H2,1-2H3,(H,28,30);1H. The van der Waals surface area contributed by atoms with Gasteiger partial charge in [0.1, 0.15) is 5.75 Å². The average molecular weight is 475 g/mol. The molecular formula is C24H28Cl2N4O2. The van der Waals surface area contributed by atoms with Crippen molar-refractivity contribution in [3.8, 4) is 11.4 Å². The number of carbonyl (C=O) groups excluding carboxylic acids is 1.